The van der Waals surface area contributed by atoms with Crippen molar-refractivity contribution in [2.24, 2.45) is 5.92 Å². The predicted octanol–water partition coefficient (Wildman–Crippen LogP) is 10.1. The number of carbonyl (C=O) groups is 2. The Balaban J connectivity index is 0.956. The smallest absolute Gasteiger partial charge is 0.324 e. The summed E-state index contributed by atoms with van der Waals surface area (Å²) in [7, 11) is 0. The lowest BCUT2D eigenvalue weighted by atomic mass is 9.85. The van der Waals surface area contributed by atoms with Crippen molar-refractivity contribution in [1.82, 2.24) is 14.7 Å². The van der Waals surface area contributed by atoms with Crippen LogP contribution < -0.4 is 10.6 Å². The highest BCUT2D eigenvalue weighted by molar-refractivity contribution is 7.12. The molecule has 49 heavy (non-hydrogen) atoms. The minimum Gasteiger partial charge on any atom is -0.332 e. The molecule has 9 heteroatoms. The molecular weight excluding hydrogens is 650 g/mol. The fraction of sp³-hybridized carbons (Fsp3) is 0.325. The molecule has 2 saturated heterocycles. The highest BCUT2D eigenvalue weighted by atomic mass is 35.5. The van der Waals surface area contributed by atoms with Gasteiger partial charge in [0.1, 0.15) is 5.82 Å². The van der Waals surface area contributed by atoms with Crippen molar-refractivity contribution < 1.29 is 9.59 Å². The molecule has 2 atom stereocenters. The number of aryl methyl sites for hydroxylation is 1. The van der Waals surface area contributed by atoms with E-state index in [0.717, 1.165) is 70.7 Å². The number of nitrogens with one attached hydrogen (secondary N) is 2. The number of aromatic nitrogens is 2. The summed E-state index contributed by atoms with van der Waals surface area (Å²) in [5.74, 6) is 1.31. The summed E-state index contributed by atoms with van der Waals surface area (Å²) < 4.78 is 1.79. The van der Waals surface area contributed by atoms with Gasteiger partial charge in [0.2, 0.25) is 0 Å². The summed E-state index contributed by atoms with van der Waals surface area (Å²) in [4.78, 5) is 29.8. The van der Waals surface area contributed by atoms with Gasteiger partial charge in [0.05, 0.1) is 16.3 Å². The SMILES string of the molecule is Cc1ccc(-n2nc(C(C)(C)C)cc2NC(=O)Nc2ccc(CC3CC4CCC(C3)N4C(=O)c3cc(-c4ccc(Cl)cc4)cs3)cc2)cc1. The summed E-state index contributed by atoms with van der Waals surface area (Å²) in [6.07, 6.45) is 5.14. The van der Waals surface area contributed by atoms with Gasteiger partial charge in [-0.3, -0.25) is 10.1 Å². The molecule has 252 valence electrons. The van der Waals surface area contributed by atoms with Crippen LogP contribution in [-0.2, 0) is 11.8 Å². The van der Waals surface area contributed by atoms with Gasteiger partial charge in [-0.15, -0.1) is 11.3 Å². The first kappa shape index (κ1) is 33.1. The van der Waals surface area contributed by atoms with Gasteiger partial charge < -0.3 is 10.2 Å². The van der Waals surface area contributed by atoms with E-state index >= 15 is 0 Å². The van der Waals surface area contributed by atoms with Gasteiger partial charge in [0.25, 0.3) is 5.91 Å². The van der Waals surface area contributed by atoms with Crippen molar-refractivity contribution in [1.29, 1.82) is 0 Å². The van der Waals surface area contributed by atoms with Crippen molar-refractivity contribution in [3.05, 3.63) is 117 Å². The first-order valence-electron chi connectivity index (χ1n) is 17.0. The number of anilines is 2. The zero-order valence-corrected chi connectivity index (χ0v) is 29.9. The number of nitrogens with zero attached hydrogens (tertiary/aromatic N) is 3. The number of carbonyl (C=O) groups excluding carboxylic acids is 2. The number of hydrogen-bond acceptors (Lipinski definition) is 4. The topological polar surface area (TPSA) is 79.3 Å². The molecule has 2 fully saturated rings. The average Bonchev–Trinajstić information content (AvgIpc) is 3.79. The van der Waals surface area contributed by atoms with Crippen LogP contribution >= 0.6 is 22.9 Å². The highest BCUT2D eigenvalue weighted by Gasteiger charge is 2.43. The molecule has 3 aromatic carbocycles. The van der Waals surface area contributed by atoms with Gasteiger partial charge in [-0.2, -0.15) is 5.10 Å². The molecule has 3 amide bonds. The second-order valence-electron chi connectivity index (χ2n) is 14.5. The van der Waals surface area contributed by atoms with Gasteiger partial charge in [-0.1, -0.05) is 74.3 Å². The van der Waals surface area contributed by atoms with Crippen LogP contribution in [0.3, 0.4) is 0 Å². The summed E-state index contributed by atoms with van der Waals surface area (Å²) in [5, 5.41) is 13.6. The number of rotatable bonds is 7. The molecule has 0 saturated carbocycles. The molecule has 2 aliphatic heterocycles. The first-order valence-corrected chi connectivity index (χ1v) is 18.3. The molecule has 4 heterocycles. The third-order valence-corrected chi connectivity index (χ3v) is 11.0. The zero-order valence-electron chi connectivity index (χ0n) is 28.4. The Bertz CT molecular complexity index is 1940. The molecule has 0 radical (unpaired) electrons. The molecule has 2 aliphatic rings. The van der Waals surface area contributed by atoms with E-state index in [2.05, 4.69) is 53.8 Å². The van der Waals surface area contributed by atoms with Crippen LogP contribution in [0, 0.1) is 12.8 Å². The molecule has 0 spiro atoms. The monoisotopic (exact) mass is 691 g/mol. The molecular formula is C40H42ClN5O2S. The van der Waals surface area contributed by atoms with E-state index in [4.69, 9.17) is 16.7 Å². The molecule has 2 aromatic heterocycles. The standard InChI is InChI=1S/C40H42ClN5O2S/c1-25-5-15-32(16-6-25)46-37(23-36(44-46)40(2,3)4)43-39(48)42-31-13-7-26(8-14-31)19-27-20-33-17-18-34(21-27)45(33)38(47)35-22-29(24-49-35)28-9-11-30(41)12-10-28/h5-16,22-24,27,33-34H,17-21H2,1-4H3,(H2,42,43,48). The highest BCUT2D eigenvalue weighted by Crippen LogP contribution is 2.42. The van der Waals surface area contributed by atoms with E-state index in [9.17, 15) is 9.59 Å². The maximum Gasteiger partial charge on any atom is 0.324 e. The maximum absolute atomic E-state index is 13.7. The average molecular weight is 692 g/mol. The van der Waals surface area contributed by atoms with Crippen molar-refractivity contribution in [2.45, 2.75) is 77.3 Å². The normalized spacial score (nSPS) is 18.8. The van der Waals surface area contributed by atoms with E-state index in [1.807, 2.05) is 79.7 Å². The lowest BCUT2D eigenvalue weighted by molar-refractivity contribution is 0.0529. The summed E-state index contributed by atoms with van der Waals surface area (Å²) >= 11 is 7.60. The maximum atomic E-state index is 13.7. The van der Waals surface area contributed by atoms with Crippen molar-refractivity contribution >= 4 is 46.4 Å². The Labute approximate surface area is 297 Å². The Hall–Kier alpha value is -4.40. The molecule has 5 aromatic rings. The Kier molecular flexibility index (Phi) is 9.11. The van der Waals surface area contributed by atoms with E-state index in [-0.39, 0.29) is 29.4 Å². The molecule has 7 rings (SSSR count). The van der Waals surface area contributed by atoms with Crippen molar-refractivity contribution in [3.63, 3.8) is 0 Å². The van der Waals surface area contributed by atoms with Crippen LogP contribution in [0.4, 0.5) is 16.3 Å². The molecule has 2 unspecified atom stereocenters. The number of hydrogen-bond donors (Lipinski definition) is 2. The number of piperidine rings is 1. The van der Waals surface area contributed by atoms with Gasteiger partial charge in [-0.25, -0.2) is 9.48 Å². The molecule has 0 aliphatic carbocycles. The fourth-order valence-electron chi connectivity index (χ4n) is 7.21. The van der Waals surface area contributed by atoms with E-state index in [1.165, 1.54) is 16.9 Å². The molecule has 2 bridgehead atoms. The number of benzene rings is 3. The second-order valence-corrected chi connectivity index (χ2v) is 15.9. The zero-order chi connectivity index (χ0) is 34.3. The third-order valence-electron chi connectivity index (χ3n) is 9.79. The van der Waals surface area contributed by atoms with E-state index in [0.29, 0.717) is 16.8 Å². The van der Waals surface area contributed by atoms with Gasteiger partial charge in [0.15, 0.2) is 0 Å². The Morgan fingerprint density at radius 3 is 2.20 bits per heavy atom. The number of halogens is 1. The first-order chi connectivity index (χ1) is 23.5. The number of urea groups is 1. The largest absolute Gasteiger partial charge is 0.332 e. The lowest BCUT2D eigenvalue weighted by Gasteiger charge is -2.39. The van der Waals surface area contributed by atoms with Gasteiger partial charge >= 0.3 is 6.03 Å². The summed E-state index contributed by atoms with van der Waals surface area (Å²) in [6, 6.07) is 28.2. The van der Waals surface area contributed by atoms with Crippen molar-refractivity contribution in [3.8, 4) is 16.8 Å². The fourth-order valence-corrected chi connectivity index (χ4v) is 8.20. The van der Waals surface area contributed by atoms with Crippen LogP contribution in [0.15, 0.2) is 90.3 Å². The van der Waals surface area contributed by atoms with Gasteiger partial charge in [0, 0.05) is 34.3 Å². The summed E-state index contributed by atoms with van der Waals surface area (Å²) in [5.41, 5.74) is 6.88. The van der Waals surface area contributed by atoms with Crippen molar-refractivity contribution in [2.75, 3.05) is 10.6 Å². The quantitative estimate of drug-likeness (QED) is 0.178. The van der Waals surface area contributed by atoms with Gasteiger partial charge in [-0.05, 0) is 109 Å². The van der Waals surface area contributed by atoms with Crippen LogP contribution in [0.2, 0.25) is 5.02 Å². The number of fused-ring (bicyclic) bond motifs is 2. The Morgan fingerprint density at radius 1 is 0.878 bits per heavy atom. The molecule has 2 N–H and O–H groups in total. The lowest BCUT2D eigenvalue weighted by Crippen LogP contribution is -2.46. The minimum atomic E-state index is -0.318. The third kappa shape index (κ3) is 7.31. The minimum absolute atomic E-state index is 0.168. The Morgan fingerprint density at radius 2 is 1.55 bits per heavy atom. The van der Waals surface area contributed by atoms with Crippen LogP contribution in [-0.4, -0.2) is 38.7 Å². The van der Waals surface area contributed by atoms with Crippen LogP contribution in [0.1, 0.15) is 72.9 Å². The molecule has 7 nitrogen and oxygen atoms in total. The van der Waals surface area contributed by atoms with Crippen LogP contribution in [0.5, 0.6) is 0 Å². The van der Waals surface area contributed by atoms with Crippen LogP contribution in [0.25, 0.3) is 16.8 Å². The number of amides is 3. The summed E-state index contributed by atoms with van der Waals surface area (Å²) in [6.45, 7) is 8.38. The predicted molar refractivity (Wildman–Crippen MR) is 200 cm³/mol. The van der Waals surface area contributed by atoms with E-state index in [1.54, 1.807) is 4.68 Å². The number of thiophene rings is 1. The van der Waals surface area contributed by atoms with E-state index < -0.39 is 0 Å². The second kappa shape index (κ2) is 13.5.